The lowest BCUT2D eigenvalue weighted by Gasteiger charge is -2.41. The van der Waals surface area contributed by atoms with Crippen LogP contribution in [0.3, 0.4) is 0 Å². The number of hydrogen-bond acceptors (Lipinski definition) is 5. The lowest BCUT2D eigenvalue weighted by Crippen LogP contribution is -2.55. The normalized spacial score (nSPS) is 31.0. The van der Waals surface area contributed by atoms with Gasteiger partial charge in [-0.3, -0.25) is 0 Å². The molecule has 0 aliphatic carbocycles. The van der Waals surface area contributed by atoms with E-state index in [0.29, 0.717) is 26.0 Å². The summed E-state index contributed by atoms with van der Waals surface area (Å²) in [4.78, 5) is 13.4. The molecule has 0 aromatic carbocycles. The smallest absolute Gasteiger partial charge is 0.410 e. The molecule has 2 rings (SSSR count). The highest BCUT2D eigenvalue weighted by Gasteiger charge is 2.43. The number of carbonyl (C=O) groups excluding carboxylic acids is 1. The van der Waals surface area contributed by atoms with Crippen LogP contribution in [-0.4, -0.2) is 66.1 Å². The number of piperidine rings is 1. The number of likely N-dealkylation sites (tertiary alicyclic amines) is 1. The van der Waals surface area contributed by atoms with Crippen molar-refractivity contribution in [2.75, 3.05) is 26.3 Å². The van der Waals surface area contributed by atoms with Gasteiger partial charge in [-0.15, -0.1) is 0 Å². The molecule has 1 amide bonds. The van der Waals surface area contributed by atoms with E-state index >= 15 is 0 Å². The van der Waals surface area contributed by atoms with Crippen molar-refractivity contribution in [3.05, 3.63) is 0 Å². The van der Waals surface area contributed by atoms with Crippen LogP contribution in [0.4, 0.5) is 9.18 Å². The molecule has 0 aromatic rings. The van der Waals surface area contributed by atoms with E-state index in [0.717, 1.165) is 25.9 Å². The van der Waals surface area contributed by atoms with Crippen LogP contribution in [-0.2, 0) is 14.2 Å². The highest BCUT2D eigenvalue weighted by atomic mass is 19.1. The summed E-state index contributed by atoms with van der Waals surface area (Å²) in [7, 11) is 0. The van der Waals surface area contributed by atoms with E-state index in [4.69, 9.17) is 14.2 Å². The fraction of sp³-hybridized carbons (Fsp3) is 0.944. The largest absolute Gasteiger partial charge is 0.444 e. The van der Waals surface area contributed by atoms with Gasteiger partial charge in [-0.2, -0.15) is 0 Å². The number of amides is 1. The van der Waals surface area contributed by atoms with Gasteiger partial charge in [-0.1, -0.05) is 0 Å². The van der Waals surface area contributed by atoms with E-state index in [1.165, 1.54) is 4.90 Å². The number of aliphatic hydroxyl groups is 1. The maximum Gasteiger partial charge on any atom is 0.410 e. The molecule has 2 heterocycles. The fourth-order valence-corrected chi connectivity index (χ4v) is 3.15. The zero-order valence-electron chi connectivity index (χ0n) is 15.6. The molecule has 2 aliphatic rings. The van der Waals surface area contributed by atoms with Crippen molar-refractivity contribution in [1.29, 1.82) is 0 Å². The van der Waals surface area contributed by atoms with Crippen LogP contribution in [0.25, 0.3) is 0 Å². The van der Waals surface area contributed by atoms with Gasteiger partial charge in [0.25, 0.3) is 0 Å². The lowest BCUT2D eigenvalue weighted by atomic mass is 9.85. The second-order valence-electron chi connectivity index (χ2n) is 8.02. The second kappa shape index (κ2) is 8.64. The first-order valence-corrected chi connectivity index (χ1v) is 9.27. The monoisotopic (exact) mass is 361 g/mol. The molecule has 0 aromatic heterocycles. The van der Waals surface area contributed by atoms with E-state index in [1.54, 1.807) is 20.8 Å². The minimum absolute atomic E-state index is 0.141. The topological polar surface area (TPSA) is 68.2 Å². The molecular formula is C18H32FNO5. The third-order valence-electron chi connectivity index (χ3n) is 4.63. The Kier molecular flexibility index (Phi) is 7.05. The fourth-order valence-electron chi connectivity index (χ4n) is 3.15. The quantitative estimate of drug-likeness (QED) is 0.763. The van der Waals surface area contributed by atoms with Crippen molar-refractivity contribution < 1.29 is 28.5 Å². The van der Waals surface area contributed by atoms with Crippen molar-refractivity contribution in [1.82, 2.24) is 4.90 Å². The van der Waals surface area contributed by atoms with Crippen molar-refractivity contribution >= 4 is 6.09 Å². The van der Waals surface area contributed by atoms with Crippen LogP contribution in [0.5, 0.6) is 0 Å². The molecule has 7 heteroatoms. The highest BCUT2D eigenvalue weighted by Crippen LogP contribution is 2.30. The van der Waals surface area contributed by atoms with Crippen molar-refractivity contribution in [2.45, 2.75) is 83.0 Å². The second-order valence-corrected chi connectivity index (χ2v) is 8.02. The van der Waals surface area contributed by atoms with Crippen LogP contribution in [0.15, 0.2) is 0 Å². The first-order chi connectivity index (χ1) is 11.7. The molecular weight excluding hydrogens is 329 g/mol. The maximum absolute atomic E-state index is 14.5. The minimum atomic E-state index is -1.49. The minimum Gasteiger partial charge on any atom is -0.444 e. The Hall–Kier alpha value is -0.920. The number of alkyl halides is 1. The summed E-state index contributed by atoms with van der Waals surface area (Å²) in [6, 6.07) is 0. The van der Waals surface area contributed by atoms with Crippen LogP contribution in [0.2, 0.25) is 0 Å². The molecule has 146 valence electrons. The average Bonchev–Trinajstić information content (AvgIpc) is 2.54. The zero-order valence-corrected chi connectivity index (χ0v) is 15.6. The lowest BCUT2D eigenvalue weighted by molar-refractivity contribution is -0.166. The SMILES string of the molecule is CC(C)(C)OC(=O)N1CCC(O)(CCCOC2CCCCO2)C(F)C1. The summed E-state index contributed by atoms with van der Waals surface area (Å²) < 4.78 is 30.9. The Labute approximate surface area is 149 Å². The maximum atomic E-state index is 14.5. The van der Waals surface area contributed by atoms with E-state index in [-0.39, 0.29) is 19.3 Å². The van der Waals surface area contributed by atoms with Crippen molar-refractivity contribution in [2.24, 2.45) is 0 Å². The van der Waals surface area contributed by atoms with E-state index in [9.17, 15) is 14.3 Å². The summed E-state index contributed by atoms with van der Waals surface area (Å²) in [6.07, 6.45) is 1.94. The summed E-state index contributed by atoms with van der Waals surface area (Å²) in [5.41, 5.74) is -2.02. The van der Waals surface area contributed by atoms with Gasteiger partial charge >= 0.3 is 6.09 Å². The molecule has 1 N–H and O–H groups in total. The molecule has 25 heavy (non-hydrogen) atoms. The van der Waals surface area contributed by atoms with Crippen LogP contribution in [0, 0.1) is 0 Å². The summed E-state index contributed by atoms with van der Waals surface area (Å²) in [5.74, 6) is 0. The molecule has 2 fully saturated rings. The van der Waals surface area contributed by atoms with Crippen LogP contribution in [0.1, 0.15) is 59.3 Å². The Morgan fingerprint density at radius 1 is 1.40 bits per heavy atom. The summed E-state index contributed by atoms with van der Waals surface area (Å²) >= 11 is 0. The van der Waals surface area contributed by atoms with Crippen LogP contribution >= 0.6 is 0 Å². The first-order valence-electron chi connectivity index (χ1n) is 9.27. The van der Waals surface area contributed by atoms with Gasteiger partial charge in [0.15, 0.2) is 6.29 Å². The number of rotatable bonds is 5. The van der Waals surface area contributed by atoms with Crippen molar-refractivity contribution in [3.63, 3.8) is 0 Å². The molecule has 3 atom stereocenters. The molecule has 2 saturated heterocycles. The van der Waals surface area contributed by atoms with Gasteiger partial charge < -0.3 is 24.2 Å². The highest BCUT2D eigenvalue weighted by molar-refractivity contribution is 5.68. The summed E-state index contributed by atoms with van der Waals surface area (Å²) in [6.45, 7) is 6.63. The predicted molar refractivity (Wildman–Crippen MR) is 91.0 cm³/mol. The first kappa shape index (κ1) is 20.4. The van der Waals surface area contributed by atoms with Gasteiger partial charge in [0.1, 0.15) is 11.8 Å². The molecule has 0 bridgehead atoms. The standard InChI is InChI=1S/C18H32FNO5/c1-17(2,3)25-16(21)20-10-9-18(22,14(19)13-20)8-6-12-24-15-7-4-5-11-23-15/h14-15,22H,4-13H2,1-3H3. The van der Waals surface area contributed by atoms with E-state index in [2.05, 4.69) is 0 Å². The molecule has 0 spiro atoms. The molecule has 6 nitrogen and oxygen atoms in total. The van der Waals surface area contributed by atoms with E-state index in [1.807, 2.05) is 0 Å². The Morgan fingerprint density at radius 2 is 2.16 bits per heavy atom. The molecule has 0 radical (unpaired) electrons. The number of nitrogens with zero attached hydrogens (tertiary/aromatic N) is 1. The number of hydrogen-bond donors (Lipinski definition) is 1. The number of carbonyl (C=O) groups is 1. The molecule has 3 unspecified atom stereocenters. The summed E-state index contributed by atoms with van der Waals surface area (Å²) in [5, 5.41) is 10.6. The Morgan fingerprint density at radius 3 is 2.76 bits per heavy atom. The van der Waals surface area contributed by atoms with Gasteiger partial charge in [-0.05, 0) is 59.3 Å². The third kappa shape index (κ3) is 6.38. The molecule has 0 saturated carbocycles. The predicted octanol–water partition coefficient (Wildman–Crippen LogP) is 3.02. The molecule has 2 aliphatic heterocycles. The average molecular weight is 361 g/mol. The van der Waals surface area contributed by atoms with Crippen LogP contribution < -0.4 is 0 Å². The Bertz CT molecular complexity index is 436. The number of halogens is 1. The van der Waals surface area contributed by atoms with Gasteiger partial charge in [0.2, 0.25) is 0 Å². The zero-order chi connectivity index (χ0) is 18.5. The van der Waals surface area contributed by atoms with Crippen molar-refractivity contribution in [3.8, 4) is 0 Å². The number of ether oxygens (including phenoxy) is 3. The van der Waals surface area contributed by atoms with Gasteiger partial charge in [0, 0.05) is 19.8 Å². The van der Waals surface area contributed by atoms with Gasteiger partial charge in [-0.25, -0.2) is 9.18 Å². The van der Waals surface area contributed by atoms with Gasteiger partial charge in [0.05, 0.1) is 12.1 Å². The van der Waals surface area contributed by atoms with E-state index < -0.39 is 23.5 Å². The Balaban J connectivity index is 1.72. The third-order valence-corrected chi connectivity index (χ3v) is 4.63.